The zero-order chi connectivity index (χ0) is 14.7. The zero-order valence-corrected chi connectivity index (χ0v) is 11.1. The van der Waals surface area contributed by atoms with Crippen molar-refractivity contribution < 1.29 is 14.3 Å². The Hall–Kier alpha value is -2.13. The van der Waals surface area contributed by atoms with Crippen molar-refractivity contribution in [3.8, 4) is 11.8 Å². The Morgan fingerprint density at radius 1 is 1.60 bits per heavy atom. The van der Waals surface area contributed by atoms with E-state index in [-0.39, 0.29) is 17.4 Å². The lowest BCUT2D eigenvalue weighted by Crippen LogP contribution is -2.33. The summed E-state index contributed by atoms with van der Waals surface area (Å²) in [7, 11) is 1.76. The minimum Gasteiger partial charge on any atom is -0.507 e. The molecular formula is C14H16FN3O2. The predicted octanol–water partition coefficient (Wildman–Crippen LogP) is 1.32. The Morgan fingerprint density at radius 3 is 2.90 bits per heavy atom. The van der Waals surface area contributed by atoms with Gasteiger partial charge in [0.15, 0.2) is 0 Å². The number of halogens is 1. The first-order valence-corrected chi connectivity index (χ1v) is 6.35. The van der Waals surface area contributed by atoms with Crippen LogP contribution in [0.15, 0.2) is 24.3 Å². The highest BCUT2D eigenvalue weighted by Crippen LogP contribution is 2.26. The van der Waals surface area contributed by atoms with Crippen LogP contribution in [-0.4, -0.2) is 35.5 Å². The van der Waals surface area contributed by atoms with Gasteiger partial charge in [0.25, 0.3) is 0 Å². The molecule has 0 aliphatic carbocycles. The molecule has 1 aromatic rings. The second kappa shape index (κ2) is 5.88. The van der Waals surface area contributed by atoms with Gasteiger partial charge in [0.05, 0.1) is 18.0 Å². The predicted molar refractivity (Wildman–Crippen MR) is 70.2 cm³/mol. The number of nitrogens with one attached hydrogen (secondary N) is 1. The van der Waals surface area contributed by atoms with E-state index in [9.17, 15) is 14.3 Å². The highest BCUT2D eigenvalue weighted by atomic mass is 19.1. The number of para-hydroxylation sites is 1. The van der Waals surface area contributed by atoms with Crippen molar-refractivity contribution in [2.75, 3.05) is 13.6 Å². The van der Waals surface area contributed by atoms with Gasteiger partial charge in [0.1, 0.15) is 5.75 Å². The molecule has 5 nitrogen and oxygen atoms in total. The molecule has 1 aliphatic heterocycles. The summed E-state index contributed by atoms with van der Waals surface area (Å²) in [6.07, 6.45) is -1.36. The summed E-state index contributed by atoms with van der Waals surface area (Å²) in [6, 6.07) is 7.74. The Bertz CT molecular complexity index is 543. The topological polar surface area (TPSA) is 76.4 Å². The molecule has 1 aromatic carbocycles. The largest absolute Gasteiger partial charge is 0.507 e. The molecule has 1 saturated heterocycles. The molecule has 0 aromatic heterocycles. The number of amides is 1. The highest BCUT2D eigenvalue weighted by Gasteiger charge is 2.34. The number of alkyl halides is 1. The number of hydrogen-bond donors (Lipinski definition) is 2. The third-order valence-corrected chi connectivity index (χ3v) is 3.55. The summed E-state index contributed by atoms with van der Waals surface area (Å²) in [5.41, 5.74) is 0.0315. The number of phenols is 1. The maximum atomic E-state index is 14.0. The maximum absolute atomic E-state index is 14.0. The number of phenolic OH excluding ortho intramolecular Hbond substituents is 1. The van der Waals surface area contributed by atoms with E-state index in [4.69, 9.17) is 5.26 Å². The van der Waals surface area contributed by atoms with E-state index in [1.54, 1.807) is 24.1 Å². The minimum absolute atomic E-state index is 0.0315. The smallest absolute Gasteiger partial charge is 0.226 e. The van der Waals surface area contributed by atoms with Crippen LogP contribution in [0.25, 0.3) is 0 Å². The van der Waals surface area contributed by atoms with Gasteiger partial charge in [-0.05, 0) is 19.5 Å². The van der Waals surface area contributed by atoms with E-state index < -0.39 is 18.1 Å². The Morgan fingerprint density at radius 2 is 2.30 bits per heavy atom. The third-order valence-electron chi connectivity index (χ3n) is 3.55. The number of carbonyl (C=O) groups is 1. The molecule has 0 bridgehead atoms. The van der Waals surface area contributed by atoms with Crippen molar-refractivity contribution in [1.82, 2.24) is 10.2 Å². The zero-order valence-electron chi connectivity index (χ0n) is 11.1. The molecule has 0 saturated carbocycles. The Labute approximate surface area is 116 Å². The second-order valence-electron chi connectivity index (χ2n) is 4.95. The normalized spacial score (nSPS) is 24.1. The van der Waals surface area contributed by atoms with Crippen LogP contribution in [0.3, 0.4) is 0 Å². The van der Waals surface area contributed by atoms with Crippen molar-refractivity contribution >= 4 is 5.91 Å². The van der Waals surface area contributed by atoms with Gasteiger partial charge in [0.2, 0.25) is 12.2 Å². The highest BCUT2D eigenvalue weighted by molar-refractivity contribution is 5.79. The number of carbonyl (C=O) groups excluding carboxylic acids is 1. The van der Waals surface area contributed by atoms with Gasteiger partial charge >= 0.3 is 0 Å². The maximum Gasteiger partial charge on any atom is 0.226 e. The van der Waals surface area contributed by atoms with Gasteiger partial charge in [-0.2, -0.15) is 5.26 Å². The third kappa shape index (κ3) is 2.89. The Kier molecular flexibility index (Phi) is 4.20. The molecule has 3 atom stereocenters. The molecule has 0 radical (unpaired) electrons. The van der Waals surface area contributed by atoms with Crippen molar-refractivity contribution in [3.63, 3.8) is 0 Å². The number of rotatable bonds is 3. The van der Waals surface area contributed by atoms with Crippen LogP contribution in [0.1, 0.15) is 18.3 Å². The first kappa shape index (κ1) is 14.3. The molecule has 6 heteroatoms. The van der Waals surface area contributed by atoms with E-state index >= 15 is 0 Å². The summed E-state index contributed by atoms with van der Waals surface area (Å²) < 4.78 is 14.0. The number of aromatic hydroxyl groups is 1. The number of likely N-dealkylation sites (tertiary alicyclic amines) is 1. The van der Waals surface area contributed by atoms with Crippen LogP contribution in [0.4, 0.5) is 4.39 Å². The monoisotopic (exact) mass is 277 g/mol. The molecule has 2 rings (SSSR count). The molecule has 20 heavy (non-hydrogen) atoms. The van der Waals surface area contributed by atoms with E-state index in [2.05, 4.69) is 11.4 Å². The van der Waals surface area contributed by atoms with E-state index in [1.807, 2.05) is 0 Å². The van der Waals surface area contributed by atoms with Crippen LogP contribution in [-0.2, 0) is 4.79 Å². The lowest BCUT2D eigenvalue weighted by atomic mass is 10.0. The van der Waals surface area contributed by atoms with Crippen molar-refractivity contribution in [2.24, 2.45) is 5.92 Å². The standard InChI is InChI=1S/C14H16FN3O2/c1-18-8-9(6-10(18)7-16)14(20)17-13(15)11-4-2-3-5-12(11)19/h2-5,9-10,13,19H,6,8H2,1H3,(H,17,20). The molecule has 1 aliphatic rings. The van der Waals surface area contributed by atoms with Gasteiger partial charge in [-0.1, -0.05) is 18.2 Å². The first-order valence-electron chi connectivity index (χ1n) is 6.35. The van der Waals surface area contributed by atoms with E-state index in [0.717, 1.165) is 0 Å². The minimum atomic E-state index is -1.75. The first-order chi connectivity index (χ1) is 9.52. The van der Waals surface area contributed by atoms with Crippen LogP contribution >= 0.6 is 0 Å². The van der Waals surface area contributed by atoms with Crippen molar-refractivity contribution in [2.45, 2.75) is 18.8 Å². The lowest BCUT2D eigenvalue weighted by molar-refractivity contribution is -0.126. The van der Waals surface area contributed by atoms with Crippen molar-refractivity contribution in [1.29, 1.82) is 5.26 Å². The molecule has 0 spiro atoms. The van der Waals surface area contributed by atoms with Gasteiger partial charge in [-0.15, -0.1) is 0 Å². The second-order valence-corrected chi connectivity index (χ2v) is 4.95. The summed E-state index contributed by atoms with van der Waals surface area (Å²) in [6.45, 7) is 0.428. The van der Waals surface area contributed by atoms with Gasteiger partial charge in [0, 0.05) is 12.1 Å². The number of nitriles is 1. The molecule has 1 amide bonds. The molecule has 1 heterocycles. The van der Waals surface area contributed by atoms with Crippen LogP contribution < -0.4 is 5.32 Å². The van der Waals surface area contributed by atoms with Crippen LogP contribution in [0, 0.1) is 17.2 Å². The summed E-state index contributed by atoms with van der Waals surface area (Å²) >= 11 is 0. The fourth-order valence-corrected chi connectivity index (χ4v) is 2.36. The summed E-state index contributed by atoms with van der Waals surface area (Å²) in [5, 5.41) is 20.7. The summed E-state index contributed by atoms with van der Waals surface area (Å²) in [4.78, 5) is 13.8. The molecule has 1 fully saturated rings. The molecule has 3 unspecified atom stereocenters. The SMILES string of the molecule is CN1CC(C(=O)NC(F)c2ccccc2O)CC1C#N. The average Bonchev–Trinajstić information content (AvgIpc) is 2.80. The average molecular weight is 277 g/mol. The van der Waals surface area contributed by atoms with Gasteiger partial charge in [-0.3, -0.25) is 9.69 Å². The number of nitrogens with zero attached hydrogens (tertiary/aromatic N) is 2. The van der Waals surface area contributed by atoms with Gasteiger partial charge in [-0.25, -0.2) is 4.39 Å². The fraction of sp³-hybridized carbons (Fsp3) is 0.429. The van der Waals surface area contributed by atoms with E-state index in [1.165, 1.54) is 12.1 Å². The number of hydrogen-bond acceptors (Lipinski definition) is 4. The fourth-order valence-electron chi connectivity index (χ4n) is 2.36. The van der Waals surface area contributed by atoms with Gasteiger partial charge < -0.3 is 10.4 Å². The van der Waals surface area contributed by atoms with Crippen LogP contribution in [0.2, 0.25) is 0 Å². The lowest BCUT2D eigenvalue weighted by Gasteiger charge is -2.15. The van der Waals surface area contributed by atoms with E-state index in [0.29, 0.717) is 13.0 Å². The Balaban J connectivity index is 1.99. The molecule has 106 valence electrons. The van der Waals surface area contributed by atoms with Crippen molar-refractivity contribution in [3.05, 3.63) is 29.8 Å². The quantitative estimate of drug-likeness (QED) is 0.817. The number of benzene rings is 1. The van der Waals surface area contributed by atoms with Crippen LogP contribution in [0.5, 0.6) is 5.75 Å². The summed E-state index contributed by atoms with van der Waals surface area (Å²) in [5.74, 6) is -1.04. The molecule has 2 N–H and O–H groups in total. The molecular weight excluding hydrogens is 261 g/mol.